The number of carbonyl (C=O) groups is 3. The summed E-state index contributed by atoms with van der Waals surface area (Å²) in [5.41, 5.74) is 1.39. The molecule has 0 bridgehead atoms. The van der Waals surface area contributed by atoms with Crippen LogP contribution >= 0.6 is 0 Å². The average molecular weight is 389 g/mol. The van der Waals surface area contributed by atoms with Crippen molar-refractivity contribution in [2.24, 2.45) is 0 Å². The van der Waals surface area contributed by atoms with Gasteiger partial charge < -0.3 is 24.6 Å². The van der Waals surface area contributed by atoms with Gasteiger partial charge >= 0.3 is 0 Å². The van der Waals surface area contributed by atoms with E-state index in [9.17, 15) is 14.4 Å². The van der Waals surface area contributed by atoms with E-state index >= 15 is 0 Å². The predicted octanol–water partition coefficient (Wildman–Crippen LogP) is 0.759. The molecule has 28 heavy (non-hydrogen) atoms. The summed E-state index contributed by atoms with van der Waals surface area (Å²) in [5.74, 6) is -0.190. The summed E-state index contributed by atoms with van der Waals surface area (Å²) in [6, 6.07) is 6.73. The van der Waals surface area contributed by atoms with Crippen molar-refractivity contribution in [2.75, 3.05) is 33.9 Å². The molecule has 2 saturated heterocycles. The molecule has 2 aliphatic heterocycles. The smallest absolute Gasteiger partial charge is 0.251 e. The standard InChI is InChI=1S/C20H27N3O5/c1-27-18(28-2)11-21-19(25)15-8-6-14(7-9-15)12-22-13-17(24)23-10-4-3-5-16(23)20(22)26/h6-9,16,18H,3-5,10-13H2,1-2H3,(H,21,25)/t16-/m1/s1. The lowest BCUT2D eigenvalue weighted by atomic mass is 9.98. The Kier molecular flexibility index (Phi) is 6.64. The van der Waals surface area contributed by atoms with Gasteiger partial charge in [0.05, 0.1) is 6.54 Å². The molecule has 1 aromatic rings. The number of rotatable bonds is 7. The predicted molar refractivity (Wildman–Crippen MR) is 101 cm³/mol. The third-order valence-corrected chi connectivity index (χ3v) is 5.29. The summed E-state index contributed by atoms with van der Waals surface area (Å²) in [6.07, 6.45) is 2.19. The molecular formula is C20H27N3O5. The van der Waals surface area contributed by atoms with Crippen LogP contribution in [0.25, 0.3) is 0 Å². The number of benzene rings is 1. The second kappa shape index (κ2) is 9.16. The molecule has 152 valence electrons. The molecule has 0 unspecified atom stereocenters. The van der Waals surface area contributed by atoms with E-state index in [1.807, 2.05) is 12.1 Å². The van der Waals surface area contributed by atoms with Crippen LogP contribution in [0.15, 0.2) is 24.3 Å². The Morgan fingerprint density at radius 3 is 2.57 bits per heavy atom. The number of hydrogen-bond acceptors (Lipinski definition) is 5. The number of piperazine rings is 1. The number of nitrogens with zero attached hydrogens (tertiary/aromatic N) is 2. The molecule has 1 atom stereocenters. The van der Waals surface area contributed by atoms with Crippen molar-refractivity contribution in [3.8, 4) is 0 Å². The van der Waals surface area contributed by atoms with Crippen LogP contribution < -0.4 is 5.32 Å². The SMILES string of the molecule is COC(CNC(=O)c1ccc(CN2CC(=O)N3CCCC[C@@H]3C2=O)cc1)OC. The largest absolute Gasteiger partial charge is 0.354 e. The van der Waals surface area contributed by atoms with Gasteiger partial charge in [0.1, 0.15) is 12.6 Å². The van der Waals surface area contributed by atoms with Crippen LogP contribution in [0.1, 0.15) is 35.2 Å². The zero-order chi connectivity index (χ0) is 20.1. The molecule has 2 fully saturated rings. The number of hydrogen-bond donors (Lipinski definition) is 1. The van der Waals surface area contributed by atoms with E-state index < -0.39 is 6.29 Å². The van der Waals surface area contributed by atoms with E-state index in [-0.39, 0.29) is 36.9 Å². The number of methoxy groups -OCH3 is 2. The molecule has 2 heterocycles. The quantitative estimate of drug-likeness (QED) is 0.696. The lowest BCUT2D eigenvalue weighted by Gasteiger charge is -2.42. The van der Waals surface area contributed by atoms with Crippen molar-refractivity contribution in [3.63, 3.8) is 0 Å². The number of piperidine rings is 1. The van der Waals surface area contributed by atoms with Gasteiger partial charge in [-0.1, -0.05) is 12.1 Å². The van der Waals surface area contributed by atoms with E-state index in [0.717, 1.165) is 24.8 Å². The number of ether oxygens (including phenoxy) is 2. The lowest BCUT2D eigenvalue weighted by Crippen LogP contribution is -2.60. The van der Waals surface area contributed by atoms with E-state index in [0.29, 0.717) is 18.7 Å². The summed E-state index contributed by atoms with van der Waals surface area (Å²) in [6.45, 7) is 1.41. The van der Waals surface area contributed by atoms with Crippen LogP contribution in [0, 0.1) is 0 Å². The molecule has 0 saturated carbocycles. The van der Waals surface area contributed by atoms with Gasteiger partial charge in [-0.3, -0.25) is 14.4 Å². The molecule has 0 spiro atoms. The molecule has 1 N–H and O–H groups in total. The fourth-order valence-corrected chi connectivity index (χ4v) is 3.69. The highest BCUT2D eigenvalue weighted by atomic mass is 16.7. The molecule has 3 rings (SSSR count). The highest BCUT2D eigenvalue weighted by Gasteiger charge is 2.40. The summed E-state index contributed by atoms with van der Waals surface area (Å²) in [7, 11) is 3.02. The first-order valence-electron chi connectivity index (χ1n) is 9.54. The second-order valence-corrected chi connectivity index (χ2v) is 7.10. The monoisotopic (exact) mass is 389 g/mol. The Morgan fingerprint density at radius 2 is 1.89 bits per heavy atom. The zero-order valence-electron chi connectivity index (χ0n) is 16.3. The van der Waals surface area contributed by atoms with Crippen LogP contribution in [-0.2, 0) is 25.6 Å². The minimum atomic E-state index is -0.495. The van der Waals surface area contributed by atoms with Gasteiger partial charge in [0.2, 0.25) is 11.8 Å². The summed E-state index contributed by atoms with van der Waals surface area (Å²) in [4.78, 5) is 40.6. The second-order valence-electron chi connectivity index (χ2n) is 7.10. The highest BCUT2D eigenvalue weighted by Crippen LogP contribution is 2.24. The molecule has 0 aromatic heterocycles. The van der Waals surface area contributed by atoms with Gasteiger partial charge in [-0.25, -0.2) is 0 Å². The van der Waals surface area contributed by atoms with E-state index in [1.165, 1.54) is 14.2 Å². The topological polar surface area (TPSA) is 88.2 Å². The molecule has 0 radical (unpaired) electrons. The number of carbonyl (C=O) groups excluding carboxylic acids is 3. The molecule has 8 nitrogen and oxygen atoms in total. The first-order chi connectivity index (χ1) is 13.5. The molecule has 1 aromatic carbocycles. The van der Waals surface area contributed by atoms with Crippen LogP contribution in [0.5, 0.6) is 0 Å². The summed E-state index contributed by atoms with van der Waals surface area (Å²) in [5, 5.41) is 2.74. The van der Waals surface area contributed by atoms with Gasteiger partial charge in [-0.15, -0.1) is 0 Å². The molecule has 0 aliphatic carbocycles. The van der Waals surface area contributed by atoms with E-state index in [2.05, 4.69) is 5.32 Å². The highest BCUT2D eigenvalue weighted by molar-refractivity contribution is 5.95. The summed E-state index contributed by atoms with van der Waals surface area (Å²) >= 11 is 0. The summed E-state index contributed by atoms with van der Waals surface area (Å²) < 4.78 is 10.1. The molecule has 8 heteroatoms. The third-order valence-electron chi connectivity index (χ3n) is 5.29. The van der Waals surface area contributed by atoms with Crippen molar-refractivity contribution in [1.82, 2.24) is 15.1 Å². The van der Waals surface area contributed by atoms with Crippen molar-refractivity contribution in [1.29, 1.82) is 0 Å². The Bertz CT molecular complexity index is 717. The number of fused-ring (bicyclic) bond motifs is 1. The maximum absolute atomic E-state index is 12.7. The average Bonchev–Trinajstić information content (AvgIpc) is 2.73. The van der Waals surface area contributed by atoms with Gasteiger partial charge in [-0.05, 0) is 37.0 Å². The number of amides is 3. The molecule has 2 aliphatic rings. The van der Waals surface area contributed by atoms with Gasteiger partial charge in [-0.2, -0.15) is 0 Å². The Hall–Kier alpha value is -2.45. The maximum Gasteiger partial charge on any atom is 0.251 e. The third kappa shape index (κ3) is 4.51. The van der Waals surface area contributed by atoms with Crippen molar-refractivity contribution >= 4 is 17.7 Å². The normalized spacial score (nSPS) is 19.8. The molecule has 3 amide bonds. The Balaban J connectivity index is 1.58. The van der Waals surface area contributed by atoms with Crippen LogP contribution in [-0.4, -0.2) is 73.7 Å². The zero-order valence-corrected chi connectivity index (χ0v) is 16.3. The maximum atomic E-state index is 12.7. The molecular weight excluding hydrogens is 362 g/mol. The van der Waals surface area contributed by atoms with Crippen LogP contribution in [0.2, 0.25) is 0 Å². The van der Waals surface area contributed by atoms with Gasteiger partial charge in [0.25, 0.3) is 5.91 Å². The van der Waals surface area contributed by atoms with Crippen molar-refractivity contribution in [2.45, 2.75) is 38.1 Å². The van der Waals surface area contributed by atoms with Crippen LogP contribution in [0.4, 0.5) is 0 Å². The fraction of sp³-hybridized carbons (Fsp3) is 0.550. The minimum Gasteiger partial charge on any atom is -0.354 e. The van der Waals surface area contributed by atoms with E-state index in [4.69, 9.17) is 9.47 Å². The first kappa shape index (κ1) is 20.3. The number of nitrogens with one attached hydrogen (secondary N) is 1. The van der Waals surface area contributed by atoms with Gasteiger partial charge in [0, 0.05) is 32.9 Å². The fourth-order valence-electron chi connectivity index (χ4n) is 3.69. The first-order valence-corrected chi connectivity index (χ1v) is 9.54. The Morgan fingerprint density at radius 1 is 1.18 bits per heavy atom. The van der Waals surface area contributed by atoms with Crippen molar-refractivity contribution in [3.05, 3.63) is 35.4 Å². The van der Waals surface area contributed by atoms with Crippen molar-refractivity contribution < 1.29 is 23.9 Å². The van der Waals surface area contributed by atoms with E-state index in [1.54, 1.807) is 21.9 Å². The lowest BCUT2D eigenvalue weighted by molar-refractivity contribution is -0.158. The Labute approximate surface area is 164 Å². The van der Waals surface area contributed by atoms with Gasteiger partial charge in [0.15, 0.2) is 6.29 Å². The van der Waals surface area contributed by atoms with Crippen LogP contribution in [0.3, 0.4) is 0 Å². The minimum absolute atomic E-state index is 0.0196.